The number of hydrogen-bond acceptors (Lipinski definition) is 5. The third kappa shape index (κ3) is 6.56. The third-order valence-electron chi connectivity index (χ3n) is 5.14. The number of hydrogen-bond donors (Lipinski definition) is 0. The lowest BCUT2D eigenvalue weighted by molar-refractivity contribution is -0.117. The topological polar surface area (TPSA) is 73.3 Å². The zero-order valence-corrected chi connectivity index (χ0v) is 21.0. The number of rotatable bonds is 9. The summed E-state index contributed by atoms with van der Waals surface area (Å²) in [4.78, 5) is 17.1. The van der Waals surface area contributed by atoms with E-state index in [1.54, 1.807) is 49.4 Å². The van der Waals surface area contributed by atoms with E-state index in [-0.39, 0.29) is 29.3 Å². The number of sulfone groups is 1. The number of benzene rings is 2. The molecule has 0 saturated heterocycles. The number of Topliss-reactive ketones (excluding diaryl/α,β-unsaturated/α-hetero) is 1. The van der Waals surface area contributed by atoms with Gasteiger partial charge in [-0.1, -0.05) is 54.4 Å². The molecular weight excluding hydrogens is 481 g/mol. The van der Waals surface area contributed by atoms with Crippen LogP contribution in [0, 0.1) is 0 Å². The predicted octanol–water partition coefficient (Wildman–Crippen LogP) is 5.85. The highest BCUT2D eigenvalue weighted by Gasteiger charge is 2.27. The predicted molar refractivity (Wildman–Crippen MR) is 131 cm³/mol. The average Bonchev–Trinajstić information content (AvgIpc) is 2.75. The molecule has 0 saturated carbocycles. The van der Waals surface area contributed by atoms with E-state index in [1.165, 1.54) is 6.20 Å². The molecule has 0 spiro atoms. The second-order valence-electron chi connectivity index (χ2n) is 8.18. The maximum absolute atomic E-state index is 12.5. The zero-order chi connectivity index (χ0) is 24.2. The molecule has 33 heavy (non-hydrogen) atoms. The van der Waals surface area contributed by atoms with Crippen molar-refractivity contribution in [3.8, 4) is 5.75 Å². The molecule has 0 amide bonds. The van der Waals surface area contributed by atoms with Crippen molar-refractivity contribution in [1.82, 2.24) is 4.98 Å². The van der Waals surface area contributed by atoms with Crippen molar-refractivity contribution in [1.29, 1.82) is 0 Å². The highest BCUT2D eigenvalue weighted by Crippen LogP contribution is 2.32. The van der Waals surface area contributed by atoms with E-state index in [2.05, 4.69) is 4.98 Å². The summed E-state index contributed by atoms with van der Waals surface area (Å²) in [5.74, 6) is 0.704. The van der Waals surface area contributed by atoms with Gasteiger partial charge in [0, 0.05) is 19.0 Å². The van der Waals surface area contributed by atoms with Crippen LogP contribution in [0.1, 0.15) is 37.6 Å². The minimum atomic E-state index is -3.25. The Bertz CT molecular complexity index is 1240. The molecule has 0 unspecified atom stereocenters. The first-order valence-corrected chi connectivity index (χ1v) is 12.8. The van der Waals surface area contributed by atoms with E-state index in [4.69, 9.17) is 27.9 Å². The lowest BCUT2D eigenvalue weighted by Crippen LogP contribution is -2.27. The van der Waals surface area contributed by atoms with E-state index in [1.807, 2.05) is 26.0 Å². The van der Waals surface area contributed by atoms with Crippen LogP contribution in [0.3, 0.4) is 0 Å². The SMILES string of the molecule is CCS(=O)(=O)c1ccc(CC(=O)Cc2ccc(OC(C)(C)c3ncc(Cl)cc3Cl)cc2)cc1. The molecule has 3 rings (SSSR count). The maximum Gasteiger partial charge on any atom is 0.178 e. The van der Waals surface area contributed by atoms with Gasteiger partial charge in [-0.05, 0) is 55.3 Å². The number of carbonyl (C=O) groups is 1. The molecule has 174 valence electrons. The van der Waals surface area contributed by atoms with Gasteiger partial charge in [-0.25, -0.2) is 8.42 Å². The van der Waals surface area contributed by atoms with Crippen molar-refractivity contribution in [2.24, 2.45) is 0 Å². The lowest BCUT2D eigenvalue weighted by atomic mass is 10.0. The second-order valence-corrected chi connectivity index (χ2v) is 11.3. The highest BCUT2D eigenvalue weighted by molar-refractivity contribution is 7.91. The summed E-state index contributed by atoms with van der Waals surface area (Å²) in [7, 11) is -3.25. The molecule has 0 aliphatic rings. The first-order valence-electron chi connectivity index (χ1n) is 10.4. The van der Waals surface area contributed by atoms with Gasteiger partial charge in [0.05, 0.1) is 20.7 Å². The fourth-order valence-corrected chi connectivity index (χ4v) is 4.87. The maximum atomic E-state index is 12.5. The van der Waals surface area contributed by atoms with E-state index >= 15 is 0 Å². The Morgan fingerprint density at radius 3 is 2.03 bits per heavy atom. The molecule has 1 aromatic heterocycles. The first kappa shape index (κ1) is 25.2. The van der Waals surface area contributed by atoms with Gasteiger partial charge in [0.15, 0.2) is 9.84 Å². The normalized spacial score (nSPS) is 11.9. The molecule has 3 aromatic rings. The summed E-state index contributed by atoms with van der Waals surface area (Å²) < 4.78 is 29.9. The number of ketones is 1. The van der Waals surface area contributed by atoms with Crippen molar-refractivity contribution >= 4 is 38.8 Å². The van der Waals surface area contributed by atoms with Crippen molar-refractivity contribution < 1.29 is 17.9 Å². The monoisotopic (exact) mass is 505 g/mol. The van der Waals surface area contributed by atoms with Crippen molar-refractivity contribution in [3.63, 3.8) is 0 Å². The van der Waals surface area contributed by atoms with E-state index in [0.29, 0.717) is 21.5 Å². The van der Waals surface area contributed by atoms with Crippen LogP contribution in [0.15, 0.2) is 65.7 Å². The van der Waals surface area contributed by atoms with Crippen LogP contribution in [0.5, 0.6) is 5.75 Å². The highest BCUT2D eigenvalue weighted by atomic mass is 35.5. The Labute approximate surface area is 204 Å². The van der Waals surface area contributed by atoms with Gasteiger partial charge in [0.25, 0.3) is 0 Å². The minimum Gasteiger partial charge on any atom is -0.481 e. The summed E-state index contributed by atoms with van der Waals surface area (Å²) in [5.41, 5.74) is 1.43. The molecule has 0 bridgehead atoms. The van der Waals surface area contributed by atoms with Gasteiger partial charge in [0.1, 0.15) is 22.8 Å². The van der Waals surface area contributed by atoms with Gasteiger partial charge in [-0.3, -0.25) is 9.78 Å². The Hall–Kier alpha value is -2.41. The summed E-state index contributed by atoms with van der Waals surface area (Å²) in [5, 5.41) is 0.880. The van der Waals surface area contributed by atoms with E-state index in [9.17, 15) is 13.2 Å². The Morgan fingerprint density at radius 1 is 0.970 bits per heavy atom. The van der Waals surface area contributed by atoms with Crippen LogP contribution in [0.25, 0.3) is 0 Å². The molecule has 0 atom stereocenters. The number of halogens is 2. The van der Waals surface area contributed by atoms with E-state index in [0.717, 1.165) is 11.1 Å². The zero-order valence-electron chi connectivity index (χ0n) is 18.6. The average molecular weight is 506 g/mol. The fourth-order valence-electron chi connectivity index (χ4n) is 3.38. The molecule has 0 radical (unpaired) electrons. The van der Waals surface area contributed by atoms with Crippen molar-refractivity contribution in [3.05, 3.63) is 87.7 Å². The summed E-state index contributed by atoms with van der Waals surface area (Å²) in [6, 6.07) is 15.4. The number of ether oxygens (including phenoxy) is 1. The van der Waals surface area contributed by atoms with Crippen LogP contribution in [-0.2, 0) is 33.1 Å². The summed E-state index contributed by atoms with van der Waals surface area (Å²) in [6.07, 6.45) is 2.03. The van der Waals surface area contributed by atoms with Gasteiger partial charge < -0.3 is 4.74 Å². The van der Waals surface area contributed by atoms with Crippen LogP contribution in [0.2, 0.25) is 10.0 Å². The lowest BCUT2D eigenvalue weighted by Gasteiger charge is -2.27. The van der Waals surface area contributed by atoms with Gasteiger partial charge in [-0.15, -0.1) is 0 Å². The molecule has 1 heterocycles. The standard InChI is InChI=1S/C25H25Cl2NO4S/c1-4-33(30,31)22-11-7-18(8-12-22)14-20(29)13-17-5-9-21(10-6-17)32-25(2,3)24-23(27)15-19(26)16-28-24/h5-12,15-16H,4,13-14H2,1-3H3. The first-order chi connectivity index (χ1) is 15.5. The quantitative estimate of drug-likeness (QED) is 0.364. The molecule has 0 aliphatic heterocycles. The van der Waals surface area contributed by atoms with Crippen LogP contribution in [-0.4, -0.2) is 24.9 Å². The van der Waals surface area contributed by atoms with Crippen molar-refractivity contribution in [2.75, 3.05) is 5.75 Å². The number of aromatic nitrogens is 1. The number of carbonyl (C=O) groups excluding carboxylic acids is 1. The van der Waals surface area contributed by atoms with Gasteiger partial charge >= 0.3 is 0 Å². The molecule has 0 N–H and O–H groups in total. The van der Waals surface area contributed by atoms with Gasteiger partial charge in [-0.2, -0.15) is 0 Å². The molecular formula is C25H25Cl2NO4S. The Morgan fingerprint density at radius 2 is 1.52 bits per heavy atom. The largest absolute Gasteiger partial charge is 0.481 e. The number of nitrogens with zero attached hydrogens (tertiary/aromatic N) is 1. The van der Waals surface area contributed by atoms with Crippen LogP contribution < -0.4 is 4.74 Å². The molecule has 0 fully saturated rings. The second kappa shape index (κ2) is 10.2. The molecule has 0 aliphatic carbocycles. The fraction of sp³-hybridized carbons (Fsp3) is 0.280. The smallest absolute Gasteiger partial charge is 0.178 e. The molecule has 8 heteroatoms. The number of pyridine rings is 1. The van der Waals surface area contributed by atoms with Gasteiger partial charge in [0.2, 0.25) is 0 Å². The summed E-state index contributed by atoms with van der Waals surface area (Å²) >= 11 is 12.2. The van der Waals surface area contributed by atoms with Crippen LogP contribution >= 0.6 is 23.2 Å². The van der Waals surface area contributed by atoms with Crippen molar-refractivity contribution in [2.45, 2.75) is 44.1 Å². The Balaban J connectivity index is 1.61. The molecule has 5 nitrogen and oxygen atoms in total. The molecule has 2 aromatic carbocycles. The minimum absolute atomic E-state index is 0.0345. The third-order valence-corrected chi connectivity index (χ3v) is 7.38. The van der Waals surface area contributed by atoms with E-state index < -0.39 is 15.4 Å². The summed E-state index contributed by atoms with van der Waals surface area (Å²) in [6.45, 7) is 5.33. The Kier molecular flexibility index (Phi) is 7.83. The van der Waals surface area contributed by atoms with Crippen LogP contribution in [0.4, 0.5) is 0 Å².